The summed E-state index contributed by atoms with van der Waals surface area (Å²) in [5, 5.41) is 3.08. The lowest BCUT2D eigenvalue weighted by molar-refractivity contribution is 0.517. The maximum absolute atomic E-state index is 2.30. The van der Waals surface area contributed by atoms with Crippen LogP contribution in [0.15, 0.2) is 60.7 Å². The molecule has 86 valence electrons. The second kappa shape index (κ2) is 5.02. The molecule has 0 N–H and O–H groups in total. The molecule has 0 spiro atoms. The highest BCUT2D eigenvalue weighted by Crippen LogP contribution is 2.48. The minimum atomic E-state index is -0.125. The van der Waals surface area contributed by atoms with Gasteiger partial charge < -0.3 is 0 Å². The Morgan fingerprint density at radius 3 is 1.53 bits per heavy atom. The van der Waals surface area contributed by atoms with Gasteiger partial charge >= 0.3 is 0 Å². The van der Waals surface area contributed by atoms with Crippen LogP contribution in [0.3, 0.4) is 0 Å². The van der Waals surface area contributed by atoms with E-state index in [9.17, 15) is 0 Å². The molecule has 1 heteroatoms. The molecule has 0 unspecified atom stereocenters. The van der Waals surface area contributed by atoms with Gasteiger partial charge in [-0.2, -0.15) is 0 Å². The van der Waals surface area contributed by atoms with Crippen LogP contribution in [-0.2, 0) is 0 Å². The zero-order chi connectivity index (χ0) is 11.5. The monoisotopic (exact) mass is 240 g/mol. The Balaban J connectivity index is 1.98. The second-order valence-electron chi connectivity index (χ2n) is 4.63. The first-order valence-corrected chi connectivity index (χ1v) is 7.75. The summed E-state index contributed by atoms with van der Waals surface area (Å²) < 4.78 is 0. The van der Waals surface area contributed by atoms with Crippen molar-refractivity contribution in [1.29, 1.82) is 0 Å². The molecule has 0 nitrogen and oxygen atoms in total. The zero-order valence-corrected chi connectivity index (χ0v) is 10.8. The number of rotatable bonds is 3. The van der Waals surface area contributed by atoms with Gasteiger partial charge in [0.25, 0.3) is 0 Å². The van der Waals surface area contributed by atoms with Crippen molar-refractivity contribution < 1.29 is 0 Å². The molecule has 3 rings (SSSR count). The fourth-order valence-electron chi connectivity index (χ4n) is 2.39. The predicted octanol–water partition coefficient (Wildman–Crippen LogP) is 3.67. The Morgan fingerprint density at radius 1 is 0.706 bits per heavy atom. The number of hydrogen-bond acceptors (Lipinski definition) is 0. The minimum absolute atomic E-state index is 0.125. The third-order valence-corrected chi connectivity index (χ3v) is 6.46. The van der Waals surface area contributed by atoms with E-state index < -0.39 is 0 Å². The standard InChI is InChI=1S/C16H17P/c1-3-8-14(9-4-1)17(16-12-7-13-16)15-10-5-2-6-11-15/h1-6,8-11,16H,7,12-13H2. The van der Waals surface area contributed by atoms with E-state index in [-0.39, 0.29) is 7.92 Å². The summed E-state index contributed by atoms with van der Waals surface area (Å²) in [6.07, 6.45) is 4.24. The van der Waals surface area contributed by atoms with Gasteiger partial charge in [0.05, 0.1) is 0 Å². The summed E-state index contributed by atoms with van der Waals surface area (Å²) in [7, 11) is -0.125. The van der Waals surface area contributed by atoms with Crippen molar-refractivity contribution in [2.45, 2.75) is 24.9 Å². The van der Waals surface area contributed by atoms with Gasteiger partial charge in [0.1, 0.15) is 0 Å². The Labute approximate surface area is 104 Å². The molecule has 0 heterocycles. The van der Waals surface area contributed by atoms with Crippen molar-refractivity contribution in [3.8, 4) is 0 Å². The number of hydrogen-bond donors (Lipinski definition) is 0. The van der Waals surface area contributed by atoms with Crippen LogP contribution in [0, 0.1) is 0 Å². The summed E-state index contributed by atoms with van der Waals surface area (Å²) in [6, 6.07) is 22.1. The molecule has 1 aliphatic rings. The van der Waals surface area contributed by atoms with Gasteiger partial charge in [-0.05, 0) is 37.0 Å². The highest BCUT2D eigenvalue weighted by molar-refractivity contribution is 7.73. The summed E-state index contributed by atoms with van der Waals surface area (Å²) in [5.41, 5.74) is 0.912. The summed E-state index contributed by atoms with van der Waals surface area (Å²) in [6.45, 7) is 0. The van der Waals surface area contributed by atoms with Crippen molar-refractivity contribution in [2.75, 3.05) is 0 Å². The van der Waals surface area contributed by atoms with Crippen LogP contribution in [0.2, 0.25) is 0 Å². The first kappa shape index (κ1) is 11.0. The zero-order valence-electron chi connectivity index (χ0n) is 9.92. The van der Waals surface area contributed by atoms with Crippen LogP contribution in [0.5, 0.6) is 0 Å². The third-order valence-electron chi connectivity index (χ3n) is 3.51. The van der Waals surface area contributed by atoms with Crippen LogP contribution in [0.1, 0.15) is 19.3 Å². The quantitative estimate of drug-likeness (QED) is 0.718. The van der Waals surface area contributed by atoms with E-state index in [2.05, 4.69) is 60.7 Å². The molecule has 1 fully saturated rings. The lowest BCUT2D eigenvalue weighted by Crippen LogP contribution is -2.26. The minimum Gasteiger partial charge on any atom is -0.0622 e. The molecule has 0 saturated heterocycles. The predicted molar refractivity (Wildman–Crippen MR) is 76.7 cm³/mol. The molecule has 0 bridgehead atoms. The lowest BCUT2D eigenvalue weighted by Gasteiger charge is -2.34. The van der Waals surface area contributed by atoms with E-state index >= 15 is 0 Å². The van der Waals surface area contributed by atoms with Crippen molar-refractivity contribution in [3.63, 3.8) is 0 Å². The van der Waals surface area contributed by atoms with E-state index in [0.29, 0.717) is 0 Å². The highest BCUT2D eigenvalue weighted by atomic mass is 31.1. The molecule has 17 heavy (non-hydrogen) atoms. The normalized spacial score (nSPS) is 15.8. The van der Waals surface area contributed by atoms with Crippen LogP contribution >= 0.6 is 7.92 Å². The van der Waals surface area contributed by atoms with E-state index in [1.807, 2.05) is 0 Å². The van der Waals surface area contributed by atoms with E-state index in [1.54, 1.807) is 10.6 Å². The Kier molecular flexibility index (Phi) is 3.25. The van der Waals surface area contributed by atoms with Gasteiger partial charge in [-0.25, -0.2) is 0 Å². The fraction of sp³-hybridized carbons (Fsp3) is 0.250. The van der Waals surface area contributed by atoms with Gasteiger partial charge in [0, 0.05) is 0 Å². The molecular weight excluding hydrogens is 223 g/mol. The van der Waals surface area contributed by atoms with Gasteiger partial charge in [0.2, 0.25) is 0 Å². The Bertz CT molecular complexity index is 420. The third kappa shape index (κ3) is 2.28. The summed E-state index contributed by atoms with van der Waals surface area (Å²) in [4.78, 5) is 0. The van der Waals surface area contributed by atoms with E-state index in [4.69, 9.17) is 0 Å². The average molecular weight is 240 g/mol. The average Bonchev–Trinajstić information content (AvgIpc) is 2.36. The highest BCUT2D eigenvalue weighted by Gasteiger charge is 2.29. The smallest absolute Gasteiger partial charge is 0.0129 e. The first-order chi connectivity index (χ1) is 8.45. The van der Waals surface area contributed by atoms with Gasteiger partial charge in [0.15, 0.2) is 0 Å². The maximum Gasteiger partial charge on any atom is -0.0129 e. The van der Waals surface area contributed by atoms with Crippen LogP contribution < -0.4 is 10.6 Å². The summed E-state index contributed by atoms with van der Waals surface area (Å²) in [5.74, 6) is 0. The molecule has 1 aliphatic carbocycles. The van der Waals surface area contributed by atoms with E-state index in [1.165, 1.54) is 19.3 Å². The van der Waals surface area contributed by atoms with Crippen LogP contribution in [-0.4, -0.2) is 5.66 Å². The molecule has 0 atom stereocenters. The van der Waals surface area contributed by atoms with Crippen LogP contribution in [0.25, 0.3) is 0 Å². The molecule has 2 aromatic carbocycles. The van der Waals surface area contributed by atoms with Crippen molar-refractivity contribution in [1.82, 2.24) is 0 Å². The number of benzene rings is 2. The van der Waals surface area contributed by atoms with Gasteiger partial charge in [-0.3, -0.25) is 0 Å². The van der Waals surface area contributed by atoms with Crippen molar-refractivity contribution >= 4 is 18.5 Å². The lowest BCUT2D eigenvalue weighted by atomic mass is 10.00. The van der Waals surface area contributed by atoms with Crippen molar-refractivity contribution in [2.24, 2.45) is 0 Å². The fourth-order valence-corrected chi connectivity index (χ4v) is 5.40. The van der Waals surface area contributed by atoms with Crippen LogP contribution in [0.4, 0.5) is 0 Å². The second-order valence-corrected chi connectivity index (χ2v) is 7.13. The maximum atomic E-state index is 2.30. The molecule has 0 aromatic heterocycles. The SMILES string of the molecule is c1ccc(P(c2ccccc2)C2CCC2)cc1. The molecular formula is C16H17P. The largest absolute Gasteiger partial charge is 0.0622 e. The van der Waals surface area contributed by atoms with Gasteiger partial charge in [-0.15, -0.1) is 0 Å². The van der Waals surface area contributed by atoms with Crippen molar-refractivity contribution in [3.05, 3.63) is 60.7 Å². The molecule has 0 radical (unpaired) electrons. The Hall–Kier alpha value is -1.13. The molecule has 0 aliphatic heterocycles. The molecule has 1 saturated carbocycles. The summed E-state index contributed by atoms with van der Waals surface area (Å²) >= 11 is 0. The van der Waals surface area contributed by atoms with E-state index in [0.717, 1.165) is 5.66 Å². The molecule has 0 amide bonds. The van der Waals surface area contributed by atoms with Gasteiger partial charge in [-0.1, -0.05) is 67.1 Å². The molecule has 2 aromatic rings. The Morgan fingerprint density at radius 2 is 1.18 bits per heavy atom. The topological polar surface area (TPSA) is 0 Å². The first-order valence-electron chi connectivity index (χ1n) is 6.34.